The molecule has 0 aromatic heterocycles. The van der Waals surface area contributed by atoms with Crippen LogP contribution >= 0.6 is 11.8 Å². The first-order valence-electron chi connectivity index (χ1n) is 9.14. The topological polar surface area (TPSA) is 15.7 Å². The van der Waals surface area contributed by atoms with Crippen LogP contribution in [0.4, 0.5) is 0 Å². The van der Waals surface area contributed by atoms with Crippen LogP contribution in [0.15, 0.2) is 35.2 Å². The number of hydrogen-bond acceptors (Lipinski definition) is 4. The maximum Gasteiger partial charge on any atom is 0.0594 e. The number of ether oxygens (including phenoxy) is 1. The SMILES string of the molecule is c1ccc(SCCN2CCCC[C@@H]2CCN2CCOCC2)cc1. The Bertz CT molecular complexity index is 436. The maximum absolute atomic E-state index is 5.45. The van der Waals surface area contributed by atoms with Gasteiger partial charge in [-0.25, -0.2) is 0 Å². The molecule has 23 heavy (non-hydrogen) atoms. The Morgan fingerprint density at radius 1 is 1.00 bits per heavy atom. The highest BCUT2D eigenvalue weighted by Crippen LogP contribution is 2.22. The normalized spacial score (nSPS) is 23.9. The second kappa shape index (κ2) is 9.67. The van der Waals surface area contributed by atoms with Gasteiger partial charge in [0.05, 0.1) is 13.2 Å². The summed E-state index contributed by atoms with van der Waals surface area (Å²) in [6, 6.07) is 11.6. The number of thioether (sulfide) groups is 1. The number of rotatable bonds is 7. The van der Waals surface area contributed by atoms with Crippen LogP contribution in [0.5, 0.6) is 0 Å². The van der Waals surface area contributed by atoms with Gasteiger partial charge in [0.25, 0.3) is 0 Å². The van der Waals surface area contributed by atoms with Gasteiger partial charge >= 0.3 is 0 Å². The van der Waals surface area contributed by atoms with E-state index < -0.39 is 0 Å². The van der Waals surface area contributed by atoms with Crippen molar-refractivity contribution in [2.24, 2.45) is 0 Å². The van der Waals surface area contributed by atoms with Crippen molar-refractivity contribution < 1.29 is 4.74 Å². The third kappa shape index (κ3) is 5.79. The number of nitrogens with zero attached hydrogens (tertiary/aromatic N) is 2. The Kier molecular flexibility index (Phi) is 7.27. The lowest BCUT2D eigenvalue weighted by atomic mass is 9.99. The molecule has 0 aliphatic carbocycles. The van der Waals surface area contributed by atoms with Gasteiger partial charge in [0.1, 0.15) is 0 Å². The summed E-state index contributed by atoms with van der Waals surface area (Å²) >= 11 is 1.99. The highest BCUT2D eigenvalue weighted by Gasteiger charge is 2.23. The molecule has 128 valence electrons. The number of piperidine rings is 1. The van der Waals surface area contributed by atoms with Crippen molar-refractivity contribution in [3.8, 4) is 0 Å². The molecule has 2 fully saturated rings. The van der Waals surface area contributed by atoms with Crippen molar-refractivity contribution in [2.75, 3.05) is 51.7 Å². The Labute approximate surface area is 145 Å². The van der Waals surface area contributed by atoms with Crippen molar-refractivity contribution in [1.29, 1.82) is 0 Å². The highest BCUT2D eigenvalue weighted by molar-refractivity contribution is 7.99. The van der Waals surface area contributed by atoms with E-state index >= 15 is 0 Å². The first kappa shape index (κ1) is 17.3. The average Bonchev–Trinajstić information content (AvgIpc) is 2.63. The molecule has 0 unspecified atom stereocenters. The van der Waals surface area contributed by atoms with Gasteiger partial charge in [0, 0.05) is 36.3 Å². The van der Waals surface area contributed by atoms with Gasteiger partial charge in [-0.3, -0.25) is 9.80 Å². The zero-order valence-electron chi connectivity index (χ0n) is 14.2. The van der Waals surface area contributed by atoms with Gasteiger partial charge in [-0.05, 0) is 44.5 Å². The van der Waals surface area contributed by atoms with Crippen LogP contribution in [-0.2, 0) is 4.74 Å². The van der Waals surface area contributed by atoms with Crippen LogP contribution < -0.4 is 0 Å². The number of hydrogen-bond donors (Lipinski definition) is 0. The molecule has 3 rings (SSSR count). The van der Waals surface area contributed by atoms with E-state index in [0.29, 0.717) is 0 Å². The molecule has 1 atom stereocenters. The lowest BCUT2D eigenvalue weighted by molar-refractivity contribution is 0.0312. The zero-order chi connectivity index (χ0) is 15.7. The molecule has 1 aromatic carbocycles. The monoisotopic (exact) mass is 334 g/mol. The molecule has 0 amide bonds. The molecule has 2 heterocycles. The van der Waals surface area contributed by atoms with Gasteiger partial charge in [0.2, 0.25) is 0 Å². The number of likely N-dealkylation sites (tertiary alicyclic amines) is 1. The first-order chi connectivity index (χ1) is 11.4. The van der Waals surface area contributed by atoms with E-state index in [1.165, 1.54) is 56.0 Å². The van der Waals surface area contributed by atoms with Crippen LogP contribution in [0, 0.1) is 0 Å². The third-order valence-electron chi connectivity index (χ3n) is 5.02. The number of benzene rings is 1. The molecule has 0 radical (unpaired) electrons. The van der Waals surface area contributed by atoms with Crippen LogP contribution in [0.1, 0.15) is 25.7 Å². The molecular weight excluding hydrogens is 304 g/mol. The summed E-state index contributed by atoms with van der Waals surface area (Å²) in [7, 11) is 0. The van der Waals surface area contributed by atoms with Crippen LogP contribution in [-0.4, -0.2) is 67.5 Å². The summed E-state index contributed by atoms with van der Waals surface area (Å²) in [5.41, 5.74) is 0. The summed E-state index contributed by atoms with van der Waals surface area (Å²) in [5.74, 6) is 1.21. The summed E-state index contributed by atoms with van der Waals surface area (Å²) in [6.07, 6.45) is 5.51. The van der Waals surface area contributed by atoms with E-state index in [1.807, 2.05) is 11.8 Å². The van der Waals surface area contributed by atoms with E-state index in [1.54, 1.807) is 0 Å². The van der Waals surface area contributed by atoms with Crippen molar-refractivity contribution in [3.63, 3.8) is 0 Å². The maximum atomic E-state index is 5.45. The third-order valence-corrected chi connectivity index (χ3v) is 6.01. The minimum atomic E-state index is 0.794. The Morgan fingerprint density at radius 3 is 2.65 bits per heavy atom. The largest absolute Gasteiger partial charge is 0.379 e. The molecular formula is C19H30N2OS. The number of morpholine rings is 1. The van der Waals surface area contributed by atoms with E-state index in [9.17, 15) is 0 Å². The molecule has 0 N–H and O–H groups in total. The van der Waals surface area contributed by atoms with E-state index in [-0.39, 0.29) is 0 Å². The molecule has 2 saturated heterocycles. The molecule has 4 heteroatoms. The van der Waals surface area contributed by atoms with E-state index in [0.717, 1.165) is 32.3 Å². The molecule has 0 spiro atoms. The van der Waals surface area contributed by atoms with Crippen molar-refractivity contribution in [2.45, 2.75) is 36.6 Å². The van der Waals surface area contributed by atoms with Crippen molar-refractivity contribution in [1.82, 2.24) is 9.80 Å². The van der Waals surface area contributed by atoms with Gasteiger partial charge in [0.15, 0.2) is 0 Å². The fourth-order valence-electron chi connectivity index (χ4n) is 3.64. The lowest BCUT2D eigenvalue weighted by Gasteiger charge is -2.37. The van der Waals surface area contributed by atoms with E-state index in [4.69, 9.17) is 4.74 Å². The molecule has 0 saturated carbocycles. The summed E-state index contributed by atoms with van der Waals surface area (Å²) in [6.45, 7) is 7.85. The molecule has 2 aliphatic rings. The second-order valence-electron chi connectivity index (χ2n) is 6.59. The lowest BCUT2D eigenvalue weighted by Crippen LogP contribution is -2.44. The van der Waals surface area contributed by atoms with E-state index in [2.05, 4.69) is 40.1 Å². The predicted molar refractivity (Wildman–Crippen MR) is 98.3 cm³/mol. The molecule has 0 bridgehead atoms. The molecule has 2 aliphatic heterocycles. The summed E-state index contributed by atoms with van der Waals surface area (Å²) in [5, 5.41) is 0. The fourth-order valence-corrected chi connectivity index (χ4v) is 4.55. The van der Waals surface area contributed by atoms with Crippen LogP contribution in [0.3, 0.4) is 0 Å². The summed E-state index contributed by atoms with van der Waals surface area (Å²) in [4.78, 5) is 6.73. The minimum Gasteiger partial charge on any atom is -0.379 e. The smallest absolute Gasteiger partial charge is 0.0594 e. The average molecular weight is 335 g/mol. The van der Waals surface area contributed by atoms with Crippen molar-refractivity contribution >= 4 is 11.8 Å². The van der Waals surface area contributed by atoms with Crippen molar-refractivity contribution in [3.05, 3.63) is 30.3 Å². The van der Waals surface area contributed by atoms with Gasteiger partial charge in [-0.1, -0.05) is 24.6 Å². The Morgan fingerprint density at radius 2 is 1.83 bits per heavy atom. The Hall–Kier alpha value is -0.550. The predicted octanol–water partition coefficient (Wildman–Crippen LogP) is 3.36. The second-order valence-corrected chi connectivity index (χ2v) is 7.76. The Balaban J connectivity index is 1.40. The van der Waals surface area contributed by atoms with Gasteiger partial charge < -0.3 is 4.74 Å². The highest BCUT2D eigenvalue weighted by atomic mass is 32.2. The van der Waals surface area contributed by atoms with Crippen LogP contribution in [0.25, 0.3) is 0 Å². The van der Waals surface area contributed by atoms with Crippen LogP contribution in [0.2, 0.25) is 0 Å². The minimum absolute atomic E-state index is 0.794. The van der Waals surface area contributed by atoms with Gasteiger partial charge in [-0.15, -0.1) is 11.8 Å². The quantitative estimate of drug-likeness (QED) is 0.710. The zero-order valence-corrected chi connectivity index (χ0v) is 15.0. The fraction of sp³-hybridized carbons (Fsp3) is 0.684. The standard InChI is InChI=1S/C19H30N2OS/c1-2-7-19(8-3-1)23-17-14-21-10-5-4-6-18(21)9-11-20-12-15-22-16-13-20/h1-3,7-8,18H,4-6,9-17H2/t18-/m1/s1. The van der Waals surface area contributed by atoms with Gasteiger partial charge in [-0.2, -0.15) is 0 Å². The molecule has 3 nitrogen and oxygen atoms in total. The molecule has 1 aromatic rings. The first-order valence-corrected chi connectivity index (χ1v) is 10.1. The summed E-state index contributed by atoms with van der Waals surface area (Å²) < 4.78 is 5.45.